The Kier molecular flexibility index (Phi) is 6.53. The predicted molar refractivity (Wildman–Crippen MR) is 106 cm³/mol. The molecule has 0 aliphatic heterocycles. The highest BCUT2D eigenvalue weighted by atomic mass is 32.2. The molecule has 12 nitrogen and oxygen atoms in total. The maximum Gasteiger partial charge on any atom is 0.573 e. The van der Waals surface area contributed by atoms with Gasteiger partial charge in [-0.3, -0.25) is 4.79 Å². The molecular weight excluding hydrogens is 485 g/mol. The van der Waals surface area contributed by atoms with E-state index < -0.39 is 50.3 Å². The van der Waals surface area contributed by atoms with Crippen LogP contribution in [0.15, 0.2) is 41.8 Å². The number of nitrogens with one attached hydrogen (secondary N) is 1. The summed E-state index contributed by atoms with van der Waals surface area (Å²) < 4.78 is 66.6. The molecule has 2 N–H and O–H groups in total. The number of ether oxygens (including phenoxy) is 1. The lowest BCUT2D eigenvalue weighted by atomic mass is 10.2. The van der Waals surface area contributed by atoms with Crippen molar-refractivity contribution in [1.82, 2.24) is 30.0 Å². The van der Waals surface area contributed by atoms with Crippen molar-refractivity contribution in [3.8, 4) is 11.6 Å². The van der Waals surface area contributed by atoms with Gasteiger partial charge in [0.1, 0.15) is 12.1 Å². The van der Waals surface area contributed by atoms with Gasteiger partial charge in [-0.25, -0.2) is 28.2 Å². The Labute approximate surface area is 189 Å². The van der Waals surface area contributed by atoms with Crippen molar-refractivity contribution in [2.45, 2.75) is 24.2 Å². The molecule has 0 spiro atoms. The Balaban J connectivity index is 1.89. The van der Waals surface area contributed by atoms with Crippen molar-refractivity contribution in [3.63, 3.8) is 0 Å². The summed E-state index contributed by atoms with van der Waals surface area (Å²) in [6, 6.07) is 1.40. The van der Waals surface area contributed by atoms with Crippen LogP contribution >= 0.6 is 0 Å². The maximum absolute atomic E-state index is 12.7. The molecule has 34 heavy (non-hydrogen) atoms. The van der Waals surface area contributed by atoms with E-state index in [1.54, 1.807) is 0 Å². The number of benzene rings is 1. The number of carbonyl (C=O) groups is 2. The van der Waals surface area contributed by atoms with Crippen molar-refractivity contribution >= 4 is 21.7 Å². The standard InChI is InChI=1S/C18H15F3N6O6S/c1-9(15-24-8-25-27(15)14-7-22-13(6-23-14)17(29)30)26-16(28)10-3-11(33-18(19,20)21)5-12(4-10)34(2,31)32/h3-9H,1-2H3,(H,26,28)(H,29,30). The number of halogens is 3. The van der Waals surface area contributed by atoms with Crippen LogP contribution in [0.3, 0.4) is 0 Å². The number of rotatable bonds is 7. The van der Waals surface area contributed by atoms with E-state index in [1.807, 2.05) is 0 Å². The number of sulfone groups is 1. The number of hydrogen-bond acceptors (Lipinski definition) is 9. The molecule has 0 aliphatic carbocycles. The Morgan fingerprint density at radius 1 is 1.15 bits per heavy atom. The molecular formula is C18H15F3N6O6S. The van der Waals surface area contributed by atoms with Crippen LogP contribution in [0, 0.1) is 0 Å². The Morgan fingerprint density at radius 3 is 2.41 bits per heavy atom. The Morgan fingerprint density at radius 2 is 1.85 bits per heavy atom. The van der Waals surface area contributed by atoms with E-state index in [9.17, 15) is 31.2 Å². The molecule has 0 radical (unpaired) electrons. The first-order valence-electron chi connectivity index (χ1n) is 9.12. The lowest BCUT2D eigenvalue weighted by molar-refractivity contribution is -0.274. The molecule has 180 valence electrons. The van der Waals surface area contributed by atoms with Crippen LogP contribution in [0.2, 0.25) is 0 Å². The molecule has 16 heteroatoms. The summed E-state index contributed by atoms with van der Waals surface area (Å²) in [6.07, 6.45) is -1.10. The van der Waals surface area contributed by atoms with Gasteiger partial charge < -0.3 is 15.2 Å². The predicted octanol–water partition coefficient (Wildman–Crippen LogP) is 1.55. The molecule has 2 heterocycles. The zero-order valence-electron chi connectivity index (χ0n) is 17.3. The number of carboxylic acid groups (broad SMARTS) is 1. The fraction of sp³-hybridized carbons (Fsp3) is 0.222. The smallest absolute Gasteiger partial charge is 0.476 e. The van der Waals surface area contributed by atoms with Gasteiger partial charge in [0.2, 0.25) is 0 Å². The lowest BCUT2D eigenvalue weighted by Gasteiger charge is -2.16. The minimum Gasteiger partial charge on any atom is -0.476 e. The van der Waals surface area contributed by atoms with E-state index in [4.69, 9.17) is 5.11 Å². The van der Waals surface area contributed by atoms with Crippen molar-refractivity contribution in [1.29, 1.82) is 0 Å². The highest BCUT2D eigenvalue weighted by Crippen LogP contribution is 2.27. The van der Waals surface area contributed by atoms with Crippen molar-refractivity contribution in [2.24, 2.45) is 0 Å². The van der Waals surface area contributed by atoms with Crippen LogP contribution in [0.25, 0.3) is 5.82 Å². The number of aromatic carboxylic acids is 1. The van der Waals surface area contributed by atoms with E-state index in [1.165, 1.54) is 6.92 Å². The Hall–Kier alpha value is -4.08. The average Bonchev–Trinajstić information content (AvgIpc) is 3.21. The number of alkyl halides is 3. The molecule has 3 rings (SSSR count). The third kappa shape index (κ3) is 5.83. The zero-order valence-corrected chi connectivity index (χ0v) is 18.1. The van der Waals surface area contributed by atoms with Crippen LogP contribution in [0.5, 0.6) is 5.75 Å². The highest BCUT2D eigenvalue weighted by molar-refractivity contribution is 7.90. The van der Waals surface area contributed by atoms with Gasteiger partial charge in [0.25, 0.3) is 5.91 Å². The SMILES string of the molecule is CC(NC(=O)c1cc(OC(F)(F)F)cc(S(C)(=O)=O)c1)c1ncnn1-c1cnc(C(=O)O)cn1. The second-order valence-electron chi connectivity index (χ2n) is 6.80. The van der Waals surface area contributed by atoms with Crippen LogP contribution < -0.4 is 10.1 Å². The van der Waals surface area contributed by atoms with Crippen LogP contribution in [0.1, 0.15) is 39.6 Å². The fourth-order valence-corrected chi connectivity index (χ4v) is 3.39. The zero-order chi connectivity index (χ0) is 25.3. The first-order valence-corrected chi connectivity index (χ1v) is 11.0. The maximum atomic E-state index is 12.7. The highest BCUT2D eigenvalue weighted by Gasteiger charge is 2.32. The summed E-state index contributed by atoms with van der Waals surface area (Å²) >= 11 is 0. The first-order chi connectivity index (χ1) is 15.7. The van der Waals surface area contributed by atoms with Crippen molar-refractivity contribution in [3.05, 3.63) is 54.0 Å². The summed E-state index contributed by atoms with van der Waals surface area (Å²) in [5.41, 5.74) is -0.722. The fourth-order valence-electron chi connectivity index (χ4n) is 2.72. The number of hydrogen-bond donors (Lipinski definition) is 2. The van der Waals surface area contributed by atoms with Gasteiger partial charge >= 0.3 is 12.3 Å². The van der Waals surface area contributed by atoms with E-state index in [2.05, 4.69) is 30.1 Å². The monoisotopic (exact) mass is 500 g/mol. The van der Waals surface area contributed by atoms with E-state index in [0.717, 1.165) is 41.8 Å². The molecule has 0 saturated carbocycles. The first kappa shape index (κ1) is 24.6. The summed E-state index contributed by atoms with van der Waals surface area (Å²) in [7, 11) is -3.97. The third-order valence-corrected chi connectivity index (χ3v) is 5.28. The van der Waals surface area contributed by atoms with Crippen LogP contribution in [-0.2, 0) is 9.84 Å². The van der Waals surface area contributed by atoms with Crippen LogP contribution in [0.4, 0.5) is 13.2 Å². The molecule has 3 aromatic rings. The lowest BCUT2D eigenvalue weighted by Crippen LogP contribution is -2.29. The molecule has 1 amide bonds. The van der Waals surface area contributed by atoms with Gasteiger partial charge in [-0.05, 0) is 25.1 Å². The number of aromatic nitrogens is 5. The Bertz CT molecular complexity index is 1340. The molecule has 0 fully saturated rings. The number of carboxylic acids is 1. The molecule has 2 aromatic heterocycles. The van der Waals surface area contributed by atoms with E-state index in [-0.39, 0.29) is 17.3 Å². The minimum atomic E-state index is -5.11. The number of nitrogens with zero attached hydrogens (tertiary/aromatic N) is 5. The van der Waals surface area contributed by atoms with Crippen molar-refractivity contribution in [2.75, 3.05) is 6.26 Å². The van der Waals surface area contributed by atoms with Crippen LogP contribution in [-0.4, -0.2) is 62.8 Å². The summed E-state index contributed by atoms with van der Waals surface area (Å²) in [4.78, 5) is 34.7. The normalized spacial score (nSPS) is 12.7. The molecule has 1 unspecified atom stereocenters. The quantitative estimate of drug-likeness (QED) is 0.486. The number of amides is 1. The molecule has 0 aliphatic rings. The van der Waals surface area contributed by atoms with Gasteiger partial charge in [-0.2, -0.15) is 9.78 Å². The molecule has 1 aromatic carbocycles. The largest absolute Gasteiger partial charge is 0.573 e. The summed E-state index contributed by atoms with van der Waals surface area (Å²) in [5, 5.41) is 15.3. The van der Waals surface area contributed by atoms with Gasteiger partial charge in [0.05, 0.1) is 23.3 Å². The second-order valence-corrected chi connectivity index (χ2v) is 8.82. The second kappa shape index (κ2) is 9.05. The molecule has 0 bridgehead atoms. The summed E-state index contributed by atoms with van der Waals surface area (Å²) in [5.74, 6) is -2.89. The topological polar surface area (TPSA) is 166 Å². The summed E-state index contributed by atoms with van der Waals surface area (Å²) in [6.45, 7) is 1.48. The average molecular weight is 500 g/mol. The number of carbonyl (C=O) groups excluding carboxylic acids is 1. The van der Waals surface area contributed by atoms with Gasteiger partial charge in [0, 0.05) is 11.8 Å². The van der Waals surface area contributed by atoms with Gasteiger partial charge in [-0.1, -0.05) is 0 Å². The van der Waals surface area contributed by atoms with Gasteiger partial charge in [-0.15, -0.1) is 13.2 Å². The van der Waals surface area contributed by atoms with Crippen molar-refractivity contribution < 1.29 is 41.0 Å². The van der Waals surface area contributed by atoms with E-state index in [0.29, 0.717) is 6.07 Å². The van der Waals surface area contributed by atoms with E-state index >= 15 is 0 Å². The molecule has 0 saturated heterocycles. The minimum absolute atomic E-state index is 0.0820. The van der Waals surface area contributed by atoms with Gasteiger partial charge in [0.15, 0.2) is 27.2 Å². The third-order valence-electron chi connectivity index (χ3n) is 4.19. The molecule has 1 atom stereocenters.